The Morgan fingerprint density at radius 1 is 1.27 bits per heavy atom. The lowest BCUT2D eigenvalue weighted by Crippen LogP contribution is -2.30. The Kier molecular flexibility index (Phi) is 7.13. The molecule has 3 aromatic heterocycles. The molecule has 1 aliphatic carbocycles. The average Bonchev–Trinajstić information content (AvgIpc) is 3.47. The summed E-state index contributed by atoms with van der Waals surface area (Å²) >= 11 is 6.33. The van der Waals surface area contributed by atoms with E-state index < -0.39 is 8.07 Å². The molecule has 0 spiro atoms. The number of hydrogen-bond donors (Lipinski definition) is 1. The lowest BCUT2D eigenvalue weighted by atomic mass is 10.1. The summed E-state index contributed by atoms with van der Waals surface area (Å²) in [5.41, 5.74) is 4.01. The predicted octanol–water partition coefficient (Wildman–Crippen LogP) is 5.96. The van der Waals surface area contributed by atoms with Gasteiger partial charge in [0, 0.05) is 43.9 Å². The van der Waals surface area contributed by atoms with Gasteiger partial charge < -0.3 is 14.6 Å². The Hall–Kier alpha value is -2.75. The highest BCUT2D eigenvalue weighted by atomic mass is 35.5. The number of nitrogens with zero attached hydrogens (tertiary/aromatic N) is 5. The largest absolute Gasteiger partial charge is 0.361 e. The number of amides is 1. The topological polar surface area (TPSA) is 86.9 Å². The van der Waals surface area contributed by atoms with Crippen molar-refractivity contribution in [2.75, 3.05) is 6.61 Å². The van der Waals surface area contributed by atoms with Crippen LogP contribution in [0.5, 0.6) is 0 Å². The van der Waals surface area contributed by atoms with Crippen LogP contribution in [0.15, 0.2) is 30.6 Å². The van der Waals surface area contributed by atoms with E-state index in [0.29, 0.717) is 46.7 Å². The summed E-state index contributed by atoms with van der Waals surface area (Å²) in [5, 5.41) is 9.57. The summed E-state index contributed by atoms with van der Waals surface area (Å²) in [6.07, 6.45) is 5.99. The number of fused-ring (bicyclic) bond motifs is 2. The van der Waals surface area contributed by atoms with Gasteiger partial charge in [0.15, 0.2) is 5.65 Å². The maximum absolute atomic E-state index is 13.1. The second-order valence-electron chi connectivity index (χ2n) is 11.6. The minimum absolute atomic E-state index is 0.00171. The minimum atomic E-state index is -1.20. The van der Waals surface area contributed by atoms with Crippen LogP contribution < -0.4 is 5.32 Å². The zero-order valence-corrected chi connectivity index (χ0v) is 24.0. The van der Waals surface area contributed by atoms with Gasteiger partial charge in [0.2, 0.25) is 0 Å². The molecule has 0 aliphatic heterocycles. The predicted molar refractivity (Wildman–Crippen MR) is 151 cm³/mol. The van der Waals surface area contributed by atoms with Crippen LogP contribution in [0.3, 0.4) is 0 Å². The first-order chi connectivity index (χ1) is 17.6. The zero-order valence-electron chi connectivity index (χ0n) is 22.2. The average molecular weight is 539 g/mol. The monoisotopic (exact) mass is 538 g/mol. The standard InChI is InChI=1S/C27H35ClN6O2Si/c1-17(2)30-27(35)21-15-33(16-36-10-11-37(3,4)5)26-25(21)31-22(13-29-26)24-20-9-8-19(28)12-23(20)34(32-24)14-18-6-7-18/h8-9,12-13,15,17-18H,6-7,10-11,14,16H2,1-5H3,(H,30,35). The van der Waals surface area contributed by atoms with Crippen LogP contribution in [-0.4, -0.2) is 50.9 Å². The van der Waals surface area contributed by atoms with E-state index in [1.54, 1.807) is 12.4 Å². The normalized spacial score (nSPS) is 14.2. The summed E-state index contributed by atoms with van der Waals surface area (Å²) in [6, 6.07) is 6.89. The van der Waals surface area contributed by atoms with Crippen LogP contribution in [0.4, 0.5) is 0 Å². The molecule has 8 nitrogen and oxygen atoms in total. The molecule has 1 aromatic carbocycles. The fraction of sp³-hybridized carbons (Fsp3) is 0.481. The second kappa shape index (κ2) is 10.2. The Bertz CT molecular complexity index is 1450. The Labute approximate surface area is 223 Å². The highest BCUT2D eigenvalue weighted by Crippen LogP contribution is 2.35. The molecule has 1 aliphatic rings. The highest BCUT2D eigenvalue weighted by molar-refractivity contribution is 6.76. The first kappa shape index (κ1) is 25.9. The quantitative estimate of drug-likeness (QED) is 0.199. The van der Waals surface area contributed by atoms with E-state index in [9.17, 15) is 4.79 Å². The molecular formula is C27H35ClN6O2Si. The van der Waals surface area contributed by atoms with E-state index in [2.05, 4.69) is 25.0 Å². The van der Waals surface area contributed by atoms with Gasteiger partial charge in [-0.1, -0.05) is 31.2 Å². The van der Waals surface area contributed by atoms with Gasteiger partial charge in [-0.15, -0.1) is 0 Å². The number of benzene rings is 1. The molecule has 1 amide bonds. The van der Waals surface area contributed by atoms with E-state index in [4.69, 9.17) is 31.4 Å². The number of hydrogen-bond acceptors (Lipinski definition) is 5. The summed E-state index contributed by atoms with van der Waals surface area (Å²) in [7, 11) is -1.20. The van der Waals surface area contributed by atoms with Gasteiger partial charge >= 0.3 is 0 Å². The molecule has 5 rings (SSSR count). The lowest BCUT2D eigenvalue weighted by molar-refractivity contribution is 0.0890. The van der Waals surface area contributed by atoms with Crippen molar-refractivity contribution in [2.24, 2.45) is 5.92 Å². The van der Waals surface area contributed by atoms with E-state index in [1.807, 2.05) is 41.3 Å². The fourth-order valence-electron chi connectivity index (χ4n) is 4.33. The van der Waals surface area contributed by atoms with Crippen LogP contribution in [0.25, 0.3) is 33.5 Å². The molecule has 4 aromatic rings. The van der Waals surface area contributed by atoms with Crippen LogP contribution >= 0.6 is 11.6 Å². The number of aromatic nitrogens is 5. The number of carbonyl (C=O) groups excluding carboxylic acids is 1. The number of nitrogens with one attached hydrogen (secondary N) is 1. The number of rotatable bonds is 10. The SMILES string of the molecule is CC(C)NC(=O)c1cn(COCC[Si](C)(C)C)c2ncc(-c3nn(CC4CC4)c4cc(Cl)ccc34)nc12. The number of carbonyl (C=O) groups is 1. The van der Waals surface area contributed by atoms with Gasteiger partial charge in [-0.2, -0.15) is 5.10 Å². The second-order valence-corrected chi connectivity index (χ2v) is 17.6. The van der Waals surface area contributed by atoms with E-state index in [0.717, 1.165) is 29.2 Å². The van der Waals surface area contributed by atoms with Crippen molar-refractivity contribution in [3.8, 4) is 11.4 Å². The molecule has 37 heavy (non-hydrogen) atoms. The Morgan fingerprint density at radius 3 is 2.76 bits per heavy atom. The van der Waals surface area contributed by atoms with Crippen LogP contribution in [0, 0.1) is 5.92 Å². The third-order valence-electron chi connectivity index (χ3n) is 6.54. The minimum Gasteiger partial charge on any atom is -0.361 e. The molecular weight excluding hydrogens is 504 g/mol. The van der Waals surface area contributed by atoms with Crippen molar-refractivity contribution in [1.29, 1.82) is 0 Å². The molecule has 0 atom stereocenters. The number of ether oxygens (including phenoxy) is 1. The summed E-state index contributed by atoms with van der Waals surface area (Å²) in [5.74, 6) is 0.480. The molecule has 0 saturated heterocycles. The molecule has 1 N–H and O–H groups in total. The lowest BCUT2D eigenvalue weighted by Gasteiger charge is -2.15. The molecule has 3 heterocycles. The van der Waals surface area contributed by atoms with E-state index in [1.165, 1.54) is 12.8 Å². The van der Waals surface area contributed by atoms with Crippen molar-refractivity contribution < 1.29 is 9.53 Å². The summed E-state index contributed by atoms with van der Waals surface area (Å²) in [4.78, 5) is 22.8. The highest BCUT2D eigenvalue weighted by Gasteiger charge is 2.25. The third-order valence-corrected chi connectivity index (χ3v) is 8.48. The molecule has 0 unspecified atom stereocenters. The van der Waals surface area contributed by atoms with Crippen LogP contribution in [0.1, 0.15) is 37.0 Å². The van der Waals surface area contributed by atoms with Gasteiger partial charge in [-0.3, -0.25) is 9.48 Å². The van der Waals surface area contributed by atoms with Crippen molar-refractivity contribution in [3.05, 3.63) is 41.2 Å². The van der Waals surface area contributed by atoms with Crippen molar-refractivity contribution in [2.45, 2.75) is 71.7 Å². The molecule has 1 saturated carbocycles. The zero-order chi connectivity index (χ0) is 26.3. The van der Waals surface area contributed by atoms with E-state index in [-0.39, 0.29) is 11.9 Å². The third kappa shape index (κ3) is 5.89. The van der Waals surface area contributed by atoms with Crippen LogP contribution in [-0.2, 0) is 18.0 Å². The fourth-order valence-corrected chi connectivity index (χ4v) is 5.26. The summed E-state index contributed by atoms with van der Waals surface area (Å²) in [6.45, 7) is 12.7. The van der Waals surface area contributed by atoms with Crippen molar-refractivity contribution >= 4 is 47.6 Å². The Balaban J connectivity index is 1.54. The van der Waals surface area contributed by atoms with Gasteiger partial charge in [-0.05, 0) is 56.9 Å². The number of halogens is 1. The van der Waals surface area contributed by atoms with E-state index >= 15 is 0 Å². The first-order valence-corrected chi connectivity index (χ1v) is 17.1. The molecule has 196 valence electrons. The van der Waals surface area contributed by atoms with Crippen molar-refractivity contribution in [3.63, 3.8) is 0 Å². The molecule has 10 heteroatoms. The first-order valence-electron chi connectivity index (χ1n) is 13.0. The maximum atomic E-state index is 13.1. The summed E-state index contributed by atoms with van der Waals surface area (Å²) < 4.78 is 9.88. The molecule has 0 bridgehead atoms. The maximum Gasteiger partial charge on any atom is 0.255 e. The van der Waals surface area contributed by atoms with Crippen LogP contribution in [0.2, 0.25) is 30.7 Å². The molecule has 0 radical (unpaired) electrons. The van der Waals surface area contributed by atoms with Crippen molar-refractivity contribution in [1.82, 2.24) is 29.6 Å². The smallest absolute Gasteiger partial charge is 0.255 e. The van der Waals surface area contributed by atoms with Gasteiger partial charge in [-0.25, -0.2) is 9.97 Å². The van der Waals surface area contributed by atoms with Gasteiger partial charge in [0.1, 0.15) is 23.6 Å². The molecule has 1 fully saturated rings. The Morgan fingerprint density at radius 2 is 2.05 bits per heavy atom. The van der Waals surface area contributed by atoms with Gasteiger partial charge in [0.25, 0.3) is 5.91 Å². The van der Waals surface area contributed by atoms with Gasteiger partial charge in [0.05, 0.1) is 17.3 Å².